The second-order valence-electron chi connectivity index (χ2n) is 4.53. The van der Waals surface area contributed by atoms with Crippen molar-refractivity contribution in [3.8, 4) is 0 Å². The number of amides is 1. The Balaban J connectivity index is 1.84. The third-order valence-electron chi connectivity index (χ3n) is 2.87. The Morgan fingerprint density at radius 3 is 2.67 bits per heavy atom. The Bertz CT molecular complexity index is 555. The molecule has 1 amide bonds. The molecule has 2 aromatic rings. The van der Waals surface area contributed by atoms with Gasteiger partial charge in [0.05, 0.1) is 24.8 Å². The smallest absolute Gasteiger partial charge is 0.251 e. The van der Waals surface area contributed by atoms with Crippen molar-refractivity contribution in [2.75, 3.05) is 17.7 Å². The first kappa shape index (κ1) is 15.4. The molecule has 0 saturated heterocycles. The summed E-state index contributed by atoms with van der Waals surface area (Å²) in [6, 6.07) is 10.6. The van der Waals surface area contributed by atoms with Gasteiger partial charge in [0.15, 0.2) is 0 Å². The van der Waals surface area contributed by atoms with Crippen molar-refractivity contribution in [3.63, 3.8) is 0 Å². The van der Waals surface area contributed by atoms with Crippen LogP contribution >= 0.6 is 11.6 Å². The lowest BCUT2D eigenvalue weighted by molar-refractivity contribution is 0.0948. The fourth-order valence-electron chi connectivity index (χ4n) is 1.71. The van der Waals surface area contributed by atoms with Crippen LogP contribution in [0.1, 0.15) is 16.1 Å². The van der Waals surface area contributed by atoms with Gasteiger partial charge in [-0.15, -0.1) is 11.6 Å². The van der Waals surface area contributed by atoms with Gasteiger partial charge in [-0.2, -0.15) is 0 Å². The summed E-state index contributed by atoms with van der Waals surface area (Å²) >= 11 is 5.51. The van der Waals surface area contributed by atoms with Crippen LogP contribution in [0.4, 0.5) is 5.69 Å². The van der Waals surface area contributed by atoms with E-state index in [1.165, 1.54) is 0 Å². The maximum absolute atomic E-state index is 11.9. The number of carbonyl (C=O) groups is 1. The number of carbonyl (C=O) groups excluding carboxylic acids is 1. The molecule has 1 aromatic heterocycles. The first-order chi connectivity index (χ1) is 10.2. The van der Waals surface area contributed by atoms with Crippen LogP contribution in [0.15, 0.2) is 47.1 Å². The van der Waals surface area contributed by atoms with Gasteiger partial charge in [-0.1, -0.05) is 0 Å². The lowest BCUT2D eigenvalue weighted by atomic mass is 10.2. The first-order valence-corrected chi connectivity index (χ1v) is 7.11. The number of halogens is 1. The molecule has 112 valence electrons. The SMILES string of the molecule is O=C(NCc1ccco1)c1ccc(NCC(O)CCl)cc1. The number of benzene rings is 1. The van der Waals surface area contributed by atoms with Crippen LogP contribution in [0, 0.1) is 0 Å². The van der Waals surface area contributed by atoms with E-state index in [4.69, 9.17) is 16.0 Å². The van der Waals surface area contributed by atoms with E-state index in [0.717, 1.165) is 5.69 Å². The Labute approximate surface area is 127 Å². The zero-order valence-electron chi connectivity index (χ0n) is 11.4. The number of anilines is 1. The van der Waals surface area contributed by atoms with Gasteiger partial charge in [0.1, 0.15) is 5.76 Å². The van der Waals surface area contributed by atoms with Crippen molar-refractivity contribution < 1.29 is 14.3 Å². The number of nitrogens with one attached hydrogen (secondary N) is 2. The van der Waals surface area contributed by atoms with E-state index >= 15 is 0 Å². The molecule has 0 aliphatic carbocycles. The van der Waals surface area contributed by atoms with E-state index in [-0.39, 0.29) is 11.8 Å². The minimum absolute atomic E-state index is 0.168. The van der Waals surface area contributed by atoms with E-state index in [1.807, 2.05) is 0 Å². The molecule has 1 heterocycles. The molecule has 2 rings (SSSR count). The highest BCUT2D eigenvalue weighted by Gasteiger charge is 2.06. The first-order valence-electron chi connectivity index (χ1n) is 6.57. The molecule has 0 fully saturated rings. The third-order valence-corrected chi connectivity index (χ3v) is 3.23. The molecule has 3 N–H and O–H groups in total. The quantitative estimate of drug-likeness (QED) is 0.686. The number of hydrogen-bond acceptors (Lipinski definition) is 4. The van der Waals surface area contributed by atoms with Gasteiger partial charge in [0.25, 0.3) is 5.91 Å². The van der Waals surface area contributed by atoms with Crippen molar-refractivity contribution in [1.29, 1.82) is 0 Å². The molecule has 0 radical (unpaired) electrons. The van der Waals surface area contributed by atoms with E-state index < -0.39 is 6.10 Å². The molecule has 0 saturated carbocycles. The minimum atomic E-state index is -0.595. The summed E-state index contributed by atoms with van der Waals surface area (Å²) in [6.45, 7) is 0.723. The molecule has 21 heavy (non-hydrogen) atoms. The van der Waals surface area contributed by atoms with Crippen molar-refractivity contribution in [2.24, 2.45) is 0 Å². The summed E-state index contributed by atoms with van der Waals surface area (Å²) < 4.78 is 5.14. The highest BCUT2D eigenvalue weighted by atomic mass is 35.5. The number of furan rings is 1. The van der Waals surface area contributed by atoms with Gasteiger partial charge in [0.2, 0.25) is 0 Å². The molecule has 0 bridgehead atoms. The molecular formula is C15H17ClN2O3. The summed E-state index contributed by atoms with van der Waals surface area (Å²) in [5.74, 6) is 0.718. The second-order valence-corrected chi connectivity index (χ2v) is 4.84. The zero-order valence-corrected chi connectivity index (χ0v) is 12.1. The van der Waals surface area contributed by atoms with Gasteiger partial charge in [0, 0.05) is 17.8 Å². The second kappa shape index (κ2) is 7.71. The van der Waals surface area contributed by atoms with E-state index in [0.29, 0.717) is 24.4 Å². The fraction of sp³-hybridized carbons (Fsp3) is 0.267. The molecule has 1 aromatic carbocycles. The average molecular weight is 309 g/mol. The minimum Gasteiger partial charge on any atom is -0.467 e. The predicted octanol–water partition coefficient (Wildman–Crippen LogP) is 2.22. The van der Waals surface area contributed by atoms with Gasteiger partial charge >= 0.3 is 0 Å². The Hall–Kier alpha value is -1.98. The lowest BCUT2D eigenvalue weighted by Gasteiger charge is -2.10. The number of hydrogen-bond donors (Lipinski definition) is 3. The highest BCUT2D eigenvalue weighted by molar-refractivity contribution is 6.18. The molecule has 6 heteroatoms. The van der Waals surface area contributed by atoms with E-state index in [9.17, 15) is 9.90 Å². The predicted molar refractivity (Wildman–Crippen MR) is 81.5 cm³/mol. The van der Waals surface area contributed by atoms with Gasteiger partial charge in [-0.25, -0.2) is 0 Å². The normalized spacial score (nSPS) is 11.9. The van der Waals surface area contributed by atoms with Crippen LogP contribution in [0.2, 0.25) is 0 Å². The Morgan fingerprint density at radius 1 is 1.29 bits per heavy atom. The molecule has 1 atom stereocenters. The van der Waals surface area contributed by atoms with E-state index in [1.54, 1.807) is 42.7 Å². The van der Waals surface area contributed by atoms with Crippen molar-refractivity contribution in [2.45, 2.75) is 12.6 Å². The fourth-order valence-corrected chi connectivity index (χ4v) is 1.82. The summed E-state index contributed by atoms with van der Waals surface area (Å²) in [5.41, 5.74) is 1.38. The lowest BCUT2D eigenvalue weighted by Crippen LogP contribution is -2.23. The summed E-state index contributed by atoms with van der Waals surface area (Å²) in [7, 11) is 0. The number of alkyl halides is 1. The molecule has 1 unspecified atom stereocenters. The third kappa shape index (κ3) is 4.81. The van der Waals surface area contributed by atoms with Crippen LogP contribution in [0.25, 0.3) is 0 Å². The van der Waals surface area contributed by atoms with Crippen molar-refractivity contribution in [1.82, 2.24) is 5.32 Å². The molecule has 0 spiro atoms. The number of rotatable bonds is 7. The standard InChI is InChI=1S/C15H17ClN2O3/c16-8-13(19)9-17-12-5-3-11(4-6-12)15(20)18-10-14-2-1-7-21-14/h1-7,13,17,19H,8-10H2,(H,18,20). The molecular weight excluding hydrogens is 292 g/mol. The van der Waals surface area contributed by atoms with Crippen LogP contribution < -0.4 is 10.6 Å². The number of aliphatic hydroxyl groups excluding tert-OH is 1. The van der Waals surface area contributed by atoms with Crippen LogP contribution in [0.5, 0.6) is 0 Å². The van der Waals surface area contributed by atoms with Gasteiger partial charge in [-0.05, 0) is 36.4 Å². The number of aliphatic hydroxyl groups is 1. The maximum Gasteiger partial charge on any atom is 0.251 e. The molecule has 5 nitrogen and oxygen atoms in total. The summed E-state index contributed by atoms with van der Waals surface area (Å²) in [5, 5.41) is 15.2. The summed E-state index contributed by atoms with van der Waals surface area (Å²) in [4.78, 5) is 11.9. The zero-order chi connectivity index (χ0) is 15.1. The van der Waals surface area contributed by atoms with E-state index in [2.05, 4.69) is 10.6 Å². The highest BCUT2D eigenvalue weighted by Crippen LogP contribution is 2.10. The summed E-state index contributed by atoms with van der Waals surface area (Å²) in [6.07, 6.45) is 0.972. The van der Waals surface area contributed by atoms with Crippen molar-refractivity contribution in [3.05, 3.63) is 54.0 Å². The van der Waals surface area contributed by atoms with Crippen LogP contribution in [0.3, 0.4) is 0 Å². The molecule has 0 aliphatic rings. The maximum atomic E-state index is 11.9. The Kier molecular flexibility index (Phi) is 5.66. The van der Waals surface area contributed by atoms with Crippen LogP contribution in [-0.2, 0) is 6.54 Å². The topological polar surface area (TPSA) is 74.5 Å². The average Bonchev–Trinajstić information content (AvgIpc) is 3.04. The van der Waals surface area contributed by atoms with Crippen molar-refractivity contribution >= 4 is 23.2 Å². The largest absolute Gasteiger partial charge is 0.467 e. The monoisotopic (exact) mass is 308 g/mol. The van der Waals surface area contributed by atoms with Gasteiger partial charge in [-0.3, -0.25) is 4.79 Å². The van der Waals surface area contributed by atoms with Crippen LogP contribution in [-0.4, -0.2) is 29.5 Å². The molecule has 0 aliphatic heterocycles. The Morgan fingerprint density at radius 2 is 2.05 bits per heavy atom. The van der Waals surface area contributed by atoms with Gasteiger partial charge < -0.3 is 20.2 Å².